The maximum Gasteiger partial charge on any atom is 0.0792 e. The molecule has 1 aromatic carbocycles. The van der Waals surface area contributed by atoms with Crippen molar-refractivity contribution in [2.45, 2.75) is 46.2 Å². The van der Waals surface area contributed by atoms with Crippen LogP contribution >= 0.6 is 0 Å². The van der Waals surface area contributed by atoms with Crippen molar-refractivity contribution in [1.29, 1.82) is 0 Å². The highest BCUT2D eigenvalue weighted by Gasteiger charge is 2.15. The van der Waals surface area contributed by atoms with Crippen molar-refractivity contribution in [3.05, 3.63) is 42.2 Å². The van der Waals surface area contributed by atoms with E-state index in [-0.39, 0.29) is 0 Å². The van der Waals surface area contributed by atoms with Gasteiger partial charge in [0.1, 0.15) is 0 Å². The van der Waals surface area contributed by atoms with Crippen LogP contribution in [0.25, 0.3) is 21.8 Å². The first-order valence-electron chi connectivity index (χ1n) is 9.91. The van der Waals surface area contributed by atoms with Crippen molar-refractivity contribution in [2.75, 3.05) is 26.7 Å². The summed E-state index contributed by atoms with van der Waals surface area (Å²) < 4.78 is 0. The van der Waals surface area contributed by atoms with E-state index in [1.807, 2.05) is 6.20 Å². The summed E-state index contributed by atoms with van der Waals surface area (Å²) in [6.45, 7) is 11.2. The van der Waals surface area contributed by atoms with Crippen LogP contribution in [0.3, 0.4) is 0 Å². The van der Waals surface area contributed by atoms with E-state index in [0.29, 0.717) is 6.04 Å². The number of H-pyrrole nitrogens is 1. The van der Waals surface area contributed by atoms with Gasteiger partial charge in [-0.15, -0.1) is 0 Å². The van der Waals surface area contributed by atoms with E-state index < -0.39 is 0 Å². The van der Waals surface area contributed by atoms with Gasteiger partial charge in [-0.3, -0.25) is 4.90 Å². The van der Waals surface area contributed by atoms with Gasteiger partial charge in [0.15, 0.2) is 0 Å². The van der Waals surface area contributed by atoms with E-state index in [2.05, 4.69) is 72.9 Å². The molecule has 140 valence electrons. The summed E-state index contributed by atoms with van der Waals surface area (Å²) in [6.07, 6.45) is 4.49. The van der Waals surface area contributed by atoms with Crippen LogP contribution in [-0.4, -0.2) is 52.5 Å². The lowest BCUT2D eigenvalue weighted by Gasteiger charge is -2.26. The Morgan fingerprint density at radius 2 is 1.85 bits per heavy atom. The molecule has 0 amide bonds. The molecule has 4 nitrogen and oxygen atoms in total. The molecule has 0 aliphatic rings. The average molecular weight is 353 g/mol. The Kier molecular flexibility index (Phi) is 6.28. The van der Waals surface area contributed by atoms with Crippen molar-refractivity contribution >= 4 is 21.8 Å². The number of aromatic nitrogens is 2. The Hall–Kier alpha value is -1.91. The van der Waals surface area contributed by atoms with E-state index >= 15 is 0 Å². The molecule has 0 spiro atoms. The topological polar surface area (TPSA) is 35.2 Å². The molecule has 26 heavy (non-hydrogen) atoms. The largest absolute Gasteiger partial charge is 0.360 e. The molecule has 0 aliphatic heterocycles. The van der Waals surface area contributed by atoms with Crippen LogP contribution in [0.2, 0.25) is 0 Å². The van der Waals surface area contributed by atoms with Gasteiger partial charge in [0.2, 0.25) is 0 Å². The normalized spacial score (nSPS) is 13.3. The SMILES string of the molecule is CCN(CC)CCCC(C)N(C)Cc1nc2ccccc2c2cc[nH]c12. The first-order valence-corrected chi connectivity index (χ1v) is 9.91. The first-order chi connectivity index (χ1) is 12.6. The molecule has 1 atom stereocenters. The van der Waals surface area contributed by atoms with Gasteiger partial charge in [-0.2, -0.15) is 0 Å². The summed E-state index contributed by atoms with van der Waals surface area (Å²) in [5, 5.41) is 2.50. The molecule has 3 rings (SSSR count). The lowest BCUT2D eigenvalue weighted by molar-refractivity contribution is 0.218. The minimum absolute atomic E-state index is 0.545. The van der Waals surface area contributed by atoms with Gasteiger partial charge >= 0.3 is 0 Å². The average Bonchev–Trinajstić information content (AvgIpc) is 3.15. The maximum atomic E-state index is 4.95. The first kappa shape index (κ1) is 18.9. The third kappa shape index (κ3) is 4.08. The molecule has 0 fully saturated rings. The van der Waals surface area contributed by atoms with Crippen LogP contribution in [0.4, 0.5) is 0 Å². The highest BCUT2D eigenvalue weighted by Crippen LogP contribution is 2.26. The summed E-state index contributed by atoms with van der Waals surface area (Å²) in [5.41, 5.74) is 3.39. The molecular weight excluding hydrogens is 320 g/mol. The molecule has 2 heterocycles. The Bertz CT molecular complexity index is 834. The molecule has 0 radical (unpaired) electrons. The quantitative estimate of drug-likeness (QED) is 0.608. The van der Waals surface area contributed by atoms with Crippen LogP contribution in [0, 0.1) is 0 Å². The summed E-state index contributed by atoms with van der Waals surface area (Å²) >= 11 is 0. The van der Waals surface area contributed by atoms with Crippen molar-refractivity contribution in [1.82, 2.24) is 19.8 Å². The number of hydrogen-bond donors (Lipinski definition) is 1. The van der Waals surface area contributed by atoms with E-state index in [1.165, 1.54) is 35.7 Å². The van der Waals surface area contributed by atoms with Crippen LogP contribution < -0.4 is 0 Å². The second kappa shape index (κ2) is 8.65. The zero-order valence-corrected chi connectivity index (χ0v) is 16.6. The molecular formula is C22H32N4. The smallest absolute Gasteiger partial charge is 0.0792 e. The van der Waals surface area contributed by atoms with Crippen molar-refractivity contribution in [3.63, 3.8) is 0 Å². The third-order valence-electron chi connectivity index (χ3n) is 5.63. The molecule has 4 heteroatoms. The third-order valence-corrected chi connectivity index (χ3v) is 5.63. The zero-order chi connectivity index (χ0) is 18.5. The highest BCUT2D eigenvalue weighted by molar-refractivity contribution is 6.05. The fourth-order valence-corrected chi connectivity index (χ4v) is 3.71. The molecule has 0 saturated heterocycles. The minimum Gasteiger partial charge on any atom is -0.360 e. The van der Waals surface area contributed by atoms with Crippen LogP contribution in [-0.2, 0) is 6.54 Å². The summed E-state index contributed by atoms with van der Waals surface area (Å²) in [5.74, 6) is 0. The number of pyridine rings is 1. The standard InChI is InChI=1S/C22H32N4/c1-5-26(6-2)15-9-10-17(3)25(4)16-21-22-19(13-14-23-22)18-11-7-8-12-20(18)24-21/h7-8,11-14,17,23H,5-6,9-10,15-16H2,1-4H3. The number of aromatic amines is 1. The molecule has 0 saturated carbocycles. The summed E-state index contributed by atoms with van der Waals surface area (Å²) in [6, 6.07) is 11.1. The van der Waals surface area contributed by atoms with E-state index in [4.69, 9.17) is 4.98 Å². The number of hydrogen-bond acceptors (Lipinski definition) is 3. The highest BCUT2D eigenvalue weighted by atomic mass is 15.1. The van der Waals surface area contributed by atoms with E-state index in [1.54, 1.807) is 0 Å². The Balaban J connectivity index is 1.70. The fraction of sp³-hybridized carbons (Fsp3) is 0.500. The second-order valence-electron chi connectivity index (χ2n) is 7.28. The van der Waals surface area contributed by atoms with Gasteiger partial charge in [-0.1, -0.05) is 32.0 Å². The maximum absolute atomic E-state index is 4.95. The lowest BCUT2D eigenvalue weighted by atomic mass is 10.1. The minimum atomic E-state index is 0.545. The monoisotopic (exact) mass is 352 g/mol. The van der Waals surface area contributed by atoms with E-state index in [9.17, 15) is 0 Å². The molecule has 2 aromatic heterocycles. The predicted molar refractivity (Wildman–Crippen MR) is 112 cm³/mol. The van der Waals surface area contributed by atoms with Gasteiger partial charge in [-0.05, 0) is 58.6 Å². The molecule has 1 N–H and O–H groups in total. The summed E-state index contributed by atoms with van der Waals surface area (Å²) in [7, 11) is 2.22. The van der Waals surface area contributed by atoms with Crippen molar-refractivity contribution in [3.8, 4) is 0 Å². The number of nitrogens with one attached hydrogen (secondary N) is 1. The van der Waals surface area contributed by atoms with Gasteiger partial charge in [0.25, 0.3) is 0 Å². The Morgan fingerprint density at radius 1 is 1.08 bits per heavy atom. The van der Waals surface area contributed by atoms with E-state index in [0.717, 1.165) is 30.8 Å². The number of nitrogens with zero attached hydrogens (tertiary/aromatic N) is 3. The predicted octanol–water partition coefficient (Wildman–Crippen LogP) is 4.66. The molecule has 0 bridgehead atoms. The zero-order valence-electron chi connectivity index (χ0n) is 16.6. The van der Waals surface area contributed by atoms with Crippen molar-refractivity contribution < 1.29 is 0 Å². The van der Waals surface area contributed by atoms with Crippen LogP contribution in [0.15, 0.2) is 36.5 Å². The Labute approximate surface area is 157 Å². The van der Waals surface area contributed by atoms with Crippen LogP contribution in [0.1, 0.15) is 39.3 Å². The fourth-order valence-electron chi connectivity index (χ4n) is 3.71. The lowest BCUT2D eigenvalue weighted by Crippen LogP contribution is -2.31. The van der Waals surface area contributed by atoms with Gasteiger partial charge in [0, 0.05) is 29.6 Å². The number of para-hydroxylation sites is 1. The van der Waals surface area contributed by atoms with Crippen molar-refractivity contribution in [2.24, 2.45) is 0 Å². The Morgan fingerprint density at radius 3 is 2.62 bits per heavy atom. The number of benzene rings is 1. The van der Waals surface area contributed by atoms with Gasteiger partial charge < -0.3 is 9.88 Å². The van der Waals surface area contributed by atoms with Crippen LogP contribution in [0.5, 0.6) is 0 Å². The van der Waals surface area contributed by atoms with Gasteiger partial charge in [-0.25, -0.2) is 4.98 Å². The molecule has 1 unspecified atom stereocenters. The summed E-state index contributed by atoms with van der Waals surface area (Å²) in [4.78, 5) is 13.3. The van der Waals surface area contributed by atoms with Gasteiger partial charge in [0.05, 0.1) is 16.7 Å². The molecule has 0 aliphatic carbocycles. The molecule has 3 aromatic rings. The second-order valence-corrected chi connectivity index (χ2v) is 7.28. The number of fused-ring (bicyclic) bond motifs is 3. The number of rotatable bonds is 9.